The molecule has 0 radical (unpaired) electrons. The van der Waals surface area contributed by atoms with Gasteiger partial charge in [-0.05, 0) is 48.9 Å². The average Bonchev–Trinajstić information content (AvgIpc) is 2.77. The monoisotopic (exact) mass is 415 g/mol. The largest absolute Gasteiger partial charge is 0.350 e. The van der Waals surface area contributed by atoms with Crippen LogP contribution < -0.4 is 16.0 Å². The number of amides is 3. The number of benzene rings is 3. The predicted octanol–water partition coefficient (Wildman–Crippen LogP) is 3.34. The van der Waals surface area contributed by atoms with Crippen LogP contribution in [0.25, 0.3) is 0 Å². The zero-order valence-corrected chi connectivity index (χ0v) is 17.4. The fourth-order valence-corrected chi connectivity index (χ4v) is 3.06. The summed E-state index contributed by atoms with van der Waals surface area (Å²) in [6.07, 6.45) is 0.290. The highest BCUT2D eigenvalue weighted by Gasteiger charge is 2.08. The molecule has 0 heterocycles. The fraction of sp³-hybridized carbons (Fsp3) is 0.160. The summed E-state index contributed by atoms with van der Waals surface area (Å²) in [4.78, 5) is 36.4. The smallest absolute Gasteiger partial charge is 0.251 e. The summed E-state index contributed by atoms with van der Waals surface area (Å²) < 4.78 is 0. The van der Waals surface area contributed by atoms with E-state index in [0.29, 0.717) is 36.3 Å². The van der Waals surface area contributed by atoms with E-state index in [1.807, 2.05) is 37.3 Å². The lowest BCUT2D eigenvalue weighted by atomic mass is 10.1. The van der Waals surface area contributed by atoms with Crippen molar-refractivity contribution in [2.45, 2.75) is 13.3 Å². The van der Waals surface area contributed by atoms with E-state index in [0.717, 1.165) is 11.1 Å². The number of aryl methyl sites for hydroxylation is 1. The van der Waals surface area contributed by atoms with Crippen LogP contribution in [0.1, 0.15) is 31.8 Å². The molecule has 3 aromatic rings. The molecule has 0 fully saturated rings. The van der Waals surface area contributed by atoms with Crippen molar-refractivity contribution >= 4 is 23.4 Å². The third-order valence-corrected chi connectivity index (χ3v) is 4.61. The maximum atomic E-state index is 12.3. The topological polar surface area (TPSA) is 87.3 Å². The second-order valence-electron chi connectivity index (χ2n) is 7.17. The lowest BCUT2D eigenvalue weighted by Gasteiger charge is -2.09. The summed E-state index contributed by atoms with van der Waals surface area (Å²) >= 11 is 0. The van der Waals surface area contributed by atoms with E-state index >= 15 is 0 Å². The molecule has 0 bridgehead atoms. The van der Waals surface area contributed by atoms with Crippen LogP contribution in [-0.4, -0.2) is 30.8 Å². The highest BCUT2D eigenvalue weighted by atomic mass is 16.2. The van der Waals surface area contributed by atoms with Gasteiger partial charge >= 0.3 is 0 Å². The minimum Gasteiger partial charge on any atom is -0.350 e. The summed E-state index contributed by atoms with van der Waals surface area (Å²) in [7, 11) is 0. The molecule has 31 heavy (non-hydrogen) atoms. The first kappa shape index (κ1) is 21.8. The van der Waals surface area contributed by atoms with Crippen molar-refractivity contribution in [3.63, 3.8) is 0 Å². The standard InChI is InChI=1S/C25H25N3O3/c1-18-6-5-7-19(16-18)17-23(29)28-22-12-10-21(11-13-22)25(31)27-15-14-26-24(30)20-8-3-2-4-9-20/h2-13,16H,14-15,17H2,1H3,(H,26,30)(H,27,31)(H,28,29). The third-order valence-electron chi connectivity index (χ3n) is 4.61. The van der Waals surface area contributed by atoms with Crippen molar-refractivity contribution in [3.8, 4) is 0 Å². The minimum atomic E-state index is -0.244. The molecule has 3 N–H and O–H groups in total. The molecule has 158 valence electrons. The lowest BCUT2D eigenvalue weighted by Crippen LogP contribution is -2.34. The number of carbonyl (C=O) groups excluding carboxylic acids is 3. The minimum absolute atomic E-state index is 0.114. The molecule has 3 amide bonds. The number of anilines is 1. The Hall–Kier alpha value is -3.93. The van der Waals surface area contributed by atoms with Gasteiger partial charge in [-0.1, -0.05) is 48.0 Å². The van der Waals surface area contributed by atoms with Gasteiger partial charge in [-0.15, -0.1) is 0 Å². The van der Waals surface area contributed by atoms with E-state index in [1.54, 1.807) is 48.5 Å². The van der Waals surface area contributed by atoms with Gasteiger partial charge in [0.1, 0.15) is 0 Å². The predicted molar refractivity (Wildman–Crippen MR) is 121 cm³/mol. The number of nitrogens with one attached hydrogen (secondary N) is 3. The van der Waals surface area contributed by atoms with Gasteiger partial charge in [-0.25, -0.2) is 0 Å². The van der Waals surface area contributed by atoms with Crippen molar-refractivity contribution in [2.24, 2.45) is 0 Å². The molecule has 0 unspecified atom stereocenters. The Bertz CT molecular complexity index is 1050. The number of rotatable bonds is 8. The van der Waals surface area contributed by atoms with E-state index < -0.39 is 0 Å². The molecule has 0 aromatic heterocycles. The van der Waals surface area contributed by atoms with Crippen LogP contribution >= 0.6 is 0 Å². The number of carbonyl (C=O) groups is 3. The van der Waals surface area contributed by atoms with Crippen molar-refractivity contribution in [3.05, 3.63) is 101 Å². The summed E-state index contributed by atoms with van der Waals surface area (Å²) in [6.45, 7) is 2.63. The maximum Gasteiger partial charge on any atom is 0.251 e. The van der Waals surface area contributed by atoms with Gasteiger partial charge in [-0.2, -0.15) is 0 Å². The SMILES string of the molecule is Cc1cccc(CC(=O)Nc2ccc(C(=O)NCCNC(=O)c3ccccc3)cc2)c1. The fourth-order valence-electron chi connectivity index (χ4n) is 3.06. The molecule has 0 saturated carbocycles. The molecule has 6 nitrogen and oxygen atoms in total. The zero-order valence-electron chi connectivity index (χ0n) is 17.4. The molecule has 0 aliphatic rings. The van der Waals surface area contributed by atoms with E-state index in [2.05, 4.69) is 16.0 Å². The van der Waals surface area contributed by atoms with Crippen LogP contribution in [0.15, 0.2) is 78.9 Å². The Kier molecular flexibility index (Phi) is 7.54. The molecule has 0 saturated heterocycles. The quantitative estimate of drug-likeness (QED) is 0.493. The third kappa shape index (κ3) is 6.82. The summed E-state index contributed by atoms with van der Waals surface area (Å²) in [5, 5.41) is 8.36. The molecule has 0 aliphatic carbocycles. The first-order chi connectivity index (χ1) is 15.0. The van der Waals surface area contributed by atoms with E-state index in [4.69, 9.17) is 0 Å². The first-order valence-corrected chi connectivity index (χ1v) is 10.1. The summed E-state index contributed by atoms with van der Waals surface area (Å²) in [5.41, 5.74) is 3.75. The summed E-state index contributed by atoms with van der Waals surface area (Å²) in [5.74, 6) is -0.538. The Morgan fingerprint density at radius 3 is 1.94 bits per heavy atom. The van der Waals surface area contributed by atoms with E-state index in [-0.39, 0.29) is 17.7 Å². The van der Waals surface area contributed by atoms with Crippen LogP contribution in [-0.2, 0) is 11.2 Å². The van der Waals surface area contributed by atoms with Gasteiger partial charge in [0, 0.05) is 29.9 Å². The van der Waals surface area contributed by atoms with Crippen LogP contribution in [0.3, 0.4) is 0 Å². The van der Waals surface area contributed by atoms with Gasteiger partial charge in [-0.3, -0.25) is 14.4 Å². The Labute approximate surface area is 181 Å². The molecule has 0 aliphatic heterocycles. The second kappa shape index (κ2) is 10.7. The van der Waals surface area contributed by atoms with Gasteiger partial charge < -0.3 is 16.0 Å². The van der Waals surface area contributed by atoms with Gasteiger partial charge in [0.2, 0.25) is 5.91 Å². The van der Waals surface area contributed by atoms with Crippen molar-refractivity contribution in [2.75, 3.05) is 18.4 Å². The van der Waals surface area contributed by atoms with Crippen molar-refractivity contribution < 1.29 is 14.4 Å². The molecule has 0 atom stereocenters. The molecule has 6 heteroatoms. The highest BCUT2D eigenvalue weighted by Crippen LogP contribution is 2.11. The van der Waals surface area contributed by atoms with Crippen LogP contribution in [0.4, 0.5) is 5.69 Å². The zero-order chi connectivity index (χ0) is 22.1. The molecular weight excluding hydrogens is 390 g/mol. The first-order valence-electron chi connectivity index (χ1n) is 10.1. The molecular formula is C25H25N3O3. The molecule has 0 spiro atoms. The number of hydrogen-bond donors (Lipinski definition) is 3. The van der Waals surface area contributed by atoms with E-state index in [9.17, 15) is 14.4 Å². The number of hydrogen-bond acceptors (Lipinski definition) is 3. The maximum absolute atomic E-state index is 12.3. The van der Waals surface area contributed by atoms with Crippen LogP contribution in [0.2, 0.25) is 0 Å². The highest BCUT2D eigenvalue weighted by molar-refractivity contribution is 5.96. The Balaban J connectivity index is 1.42. The van der Waals surface area contributed by atoms with Crippen LogP contribution in [0.5, 0.6) is 0 Å². The van der Waals surface area contributed by atoms with E-state index in [1.165, 1.54) is 0 Å². The van der Waals surface area contributed by atoms with Gasteiger partial charge in [0.15, 0.2) is 0 Å². The Morgan fingerprint density at radius 2 is 1.32 bits per heavy atom. The molecule has 3 rings (SSSR count). The Morgan fingerprint density at radius 1 is 0.710 bits per heavy atom. The van der Waals surface area contributed by atoms with Gasteiger partial charge in [0.05, 0.1) is 6.42 Å². The lowest BCUT2D eigenvalue weighted by molar-refractivity contribution is -0.115. The normalized spacial score (nSPS) is 10.2. The van der Waals surface area contributed by atoms with Gasteiger partial charge in [0.25, 0.3) is 11.8 Å². The molecule has 3 aromatic carbocycles. The summed E-state index contributed by atoms with van der Waals surface area (Å²) in [6, 6.07) is 23.4. The van der Waals surface area contributed by atoms with Crippen molar-refractivity contribution in [1.29, 1.82) is 0 Å². The van der Waals surface area contributed by atoms with Crippen molar-refractivity contribution in [1.82, 2.24) is 10.6 Å². The average molecular weight is 415 g/mol. The second-order valence-corrected chi connectivity index (χ2v) is 7.17. The van der Waals surface area contributed by atoms with Crippen LogP contribution in [0, 0.1) is 6.92 Å².